The number of aromatic nitrogens is 6. The molecule has 0 saturated carbocycles. The normalized spacial score (nSPS) is 25.7. The molecular formula is C72H84N6O3. The van der Waals surface area contributed by atoms with Crippen LogP contribution in [0.25, 0.3) is 0 Å². The van der Waals surface area contributed by atoms with Crippen LogP contribution in [0.4, 0.5) is 0 Å². The number of fused-ring (bicyclic) bond motifs is 15. The molecule has 6 aromatic rings. The molecule has 9 heteroatoms. The van der Waals surface area contributed by atoms with Gasteiger partial charge >= 0.3 is 0 Å². The van der Waals surface area contributed by atoms with Crippen molar-refractivity contribution in [3.63, 3.8) is 0 Å². The summed E-state index contributed by atoms with van der Waals surface area (Å²) in [7, 11) is 0. The fourth-order valence-corrected chi connectivity index (χ4v) is 18.1. The molecule has 3 atom stereocenters. The quantitative estimate of drug-likeness (QED) is 0.161. The summed E-state index contributed by atoms with van der Waals surface area (Å²) in [6, 6.07) is 26.3. The fourth-order valence-electron chi connectivity index (χ4n) is 18.1. The number of aromatic amines is 3. The number of carbonyl (C=O) groups excluding carboxylic acids is 3. The van der Waals surface area contributed by atoms with Gasteiger partial charge in [0.15, 0.2) is 17.3 Å². The van der Waals surface area contributed by atoms with Crippen LogP contribution in [0.15, 0.2) is 106 Å². The number of nitrogens with zero attached hydrogens (tertiary/aromatic N) is 3. The standard InChI is InChI=1S/3C24H28N2O/c3*1-14(2)22-21-18(25-26-22)11-16-12-23(3,4)13-19(27)20(16)24(21)10-9-15-7-5-6-8-17(15)24/h3*5-8,14H,9-13H2,1-4H3,(H,25,26)/t2*24-;/m10./s1. The lowest BCUT2D eigenvalue weighted by molar-refractivity contribution is -0.119. The Morgan fingerprint density at radius 2 is 0.642 bits per heavy atom. The van der Waals surface area contributed by atoms with Gasteiger partial charge in [-0.2, -0.15) is 15.3 Å². The number of carbonyl (C=O) groups is 3. The lowest BCUT2D eigenvalue weighted by atomic mass is 9.57. The first kappa shape index (κ1) is 53.8. The first-order valence-corrected chi connectivity index (χ1v) is 30.8. The van der Waals surface area contributed by atoms with Gasteiger partial charge in [0.05, 0.1) is 33.3 Å². The topological polar surface area (TPSA) is 137 Å². The fraction of sp³-hybridized carbons (Fsp3) is 0.500. The first-order chi connectivity index (χ1) is 38.5. The molecule has 3 aromatic carbocycles. The molecule has 81 heavy (non-hydrogen) atoms. The number of H-pyrrole nitrogens is 3. The minimum atomic E-state index is -0.292. The lowest BCUT2D eigenvalue weighted by Crippen LogP contribution is -2.42. The maximum atomic E-state index is 13.5. The summed E-state index contributed by atoms with van der Waals surface area (Å²) in [6.45, 7) is 26.6. The van der Waals surface area contributed by atoms with Gasteiger partial charge < -0.3 is 0 Å². The zero-order chi connectivity index (χ0) is 56.9. The highest BCUT2D eigenvalue weighted by Crippen LogP contribution is 2.62. The largest absolute Gasteiger partial charge is 0.294 e. The van der Waals surface area contributed by atoms with Crippen LogP contribution in [0.5, 0.6) is 0 Å². The molecule has 0 bridgehead atoms. The smallest absolute Gasteiger partial charge is 0.160 e. The predicted octanol–water partition coefficient (Wildman–Crippen LogP) is 15.0. The monoisotopic (exact) mass is 1080 g/mol. The second-order valence-corrected chi connectivity index (χ2v) is 29.3. The highest BCUT2D eigenvalue weighted by atomic mass is 16.1. The van der Waals surface area contributed by atoms with Crippen molar-refractivity contribution >= 4 is 17.3 Å². The van der Waals surface area contributed by atoms with Crippen LogP contribution >= 0.6 is 0 Å². The Hall–Kier alpha value is -6.48. The van der Waals surface area contributed by atoms with E-state index in [1.54, 1.807) is 0 Å². The Morgan fingerprint density at radius 3 is 0.901 bits per heavy atom. The Labute approximate surface area is 480 Å². The van der Waals surface area contributed by atoms with E-state index in [2.05, 4.69) is 171 Å². The number of rotatable bonds is 3. The van der Waals surface area contributed by atoms with Crippen molar-refractivity contribution in [3.05, 3.63) is 190 Å². The van der Waals surface area contributed by atoms with Gasteiger partial charge in [0.25, 0.3) is 0 Å². The SMILES string of the molecule is CC(C)c1n[nH]c2c1C1(CCc3ccccc31)C1=C(C2)CC(C)(C)CC1=O.CC(C)c1n[nH]c2c1[C@@]1(CCc3ccccc31)C1=C(C2)CC(C)(C)CC1=O.CC(C)c1n[nH]c2c1[C@]1(CCc3ccccc31)C1=C(C2)CC(C)(C)CC1=O. The van der Waals surface area contributed by atoms with Crippen LogP contribution < -0.4 is 0 Å². The van der Waals surface area contributed by atoms with Crippen LogP contribution in [-0.4, -0.2) is 47.9 Å². The molecule has 0 saturated heterocycles. The molecule has 0 fully saturated rings. The number of hydrogen-bond acceptors (Lipinski definition) is 6. The van der Waals surface area contributed by atoms with Crippen molar-refractivity contribution in [2.45, 2.75) is 213 Å². The van der Waals surface area contributed by atoms with Crippen molar-refractivity contribution in [1.29, 1.82) is 0 Å². The molecule has 3 aromatic heterocycles. The molecule has 9 aliphatic rings. The van der Waals surface area contributed by atoms with Crippen molar-refractivity contribution in [2.24, 2.45) is 16.2 Å². The van der Waals surface area contributed by atoms with E-state index >= 15 is 0 Å². The minimum Gasteiger partial charge on any atom is -0.294 e. The number of allylic oxidation sites excluding steroid dienone is 6. The Morgan fingerprint density at radius 1 is 0.383 bits per heavy atom. The summed E-state index contributed by atoms with van der Waals surface area (Å²) >= 11 is 0. The predicted molar refractivity (Wildman–Crippen MR) is 321 cm³/mol. The third-order valence-corrected chi connectivity index (χ3v) is 20.6. The van der Waals surface area contributed by atoms with Crippen LogP contribution in [0.2, 0.25) is 0 Å². The molecule has 420 valence electrons. The summed E-state index contributed by atoms with van der Waals surface area (Å²) in [6.07, 6.45) is 13.6. The van der Waals surface area contributed by atoms with Gasteiger partial charge in [-0.3, -0.25) is 29.7 Å². The van der Waals surface area contributed by atoms with E-state index < -0.39 is 0 Å². The van der Waals surface area contributed by atoms with Crippen molar-refractivity contribution in [1.82, 2.24) is 30.6 Å². The highest BCUT2D eigenvalue weighted by molar-refractivity contribution is 6.04. The van der Waals surface area contributed by atoms with E-state index in [9.17, 15) is 14.4 Å². The highest BCUT2D eigenvalue weighted by Gasteiger charge is 2.58. The zero-order valence-corrected chi connectivity index (χ0v) is 50.3. The number of aryl methyl sites for hydroxylation is 3. The molecule has 0 aliphatic heterocycles. The molecule has 9 nitrogen and oxygen atoms in total. The number of hydrogen-bond donors (Lipinski definition) is 3. The van der Waals surface area contributed by atoms with E-state index in [-0.39, 0.29) is 32.5 Å². The summed E-state index contributed by atoms with van der Waals surface area (Å²) < 4.78 is 0. The van der Waals surface area contributed by atoms with Gasteiger partial charge in [-0.1, -0.05) is 173 Å². The Bertz CT molecular complexity index is 3360. The molecule has 3 heterocycles. The summed E-state index contributed by atoms with van der Waals surface area (Å²) in [5.74, 6) is 2.10. The molecule has 15 rings (SSSR count). The van der Waals surface area contributed by atoms with E-state index in [1.807, 2.05) is 0 Å². The van der Waals surface area contributed by atoms with E-state index in [0.717, 1.165) is 111 Å². The van der Waals surface area contributed by atoms with Gasteiger partial charge in [-0.15, -0.1) is 0 Å². The average molecular weight is 1080 g/mol. The minimum absolute atomic E-state index is 0.0492. The summed E-state index contributed by atoms with van der Waals surface area (Å²) in [5.41, 5.74) is 25.9. The van der Waals surface area contributed by atoms with E-state index in [4.69, 9.17) is 15.3 Å². The third kappa shape index (κ3) is 8.10. The number of nitrogens with one attached hydrogen (secondary N) is 3. The number of ketones is 3. The van der Waals surface area contributed by atoms with E-state index in [0.29, 0.717) is 54.4 Å². The van der Waals surface area contributed by atoms with Gasteiger partial charge in [0.2, 0.25) is 0 Å². The van der Waals surface area contributed by atoms with Crippen molar-refractivity contribution in [2.75, 3.05) is 0 Å². The zero-order valence-electron chi connectivity index (χ0n) is 50.3. The second-order valence-electron chi connectivity index (χ2n) is 29.3. The van der Waals surface area contributed by atoms with Crippen molar-refractivity contribution in [3.8, 4) is 0 Å². The van der Waals surface area contributed by atoms with Crippen molar-refractivity contribution < 1.29 is 14.4 Å². The summed E-state index contributed by atoms with van der Waals surface area (Å²) in [5, 5.41) is 24.3. The maximum absolute atomic E-state index is 13.5. The Kier molecular flexibility index (Phi) is 12.5. The number of benzene rings is 3. The average Bonchev–Trinajstić information content (AvgIpc) is 4.20. The lowest BCUT2D eigenvalue weighted by Gasteiger charge is -2.44. The first-order valence-electron chi connectivity index (χ1n) is 30.8. The molecule has 0 radical (unpaired) electrons. The number of Topliss-reactive ketones (excluding diaryl/α,β-unsaturated/α-hetero) is 3. The molecule has 0 amide bonds. The van der Waals surface area contributed by atoms with Gasteiger partial charge in [-0.05, 0) is 125 Å². The molecular weight excluding hydrogens is 997 g/mol. The second kappa shape index (κ2) is 18.8. The van der Waals surface area contributed by atoms with E-state index in [1.165, 1.54) is 83.9 Å². The summed E-state index contributed by atoms with van der Waals surface area (Å²) in [4.78, 5) is 40.6. The third-order valence-electron chi connectivity index (χ3n) is 20.6. The van der Waals surface area contributed by atoms with Crippen LogP contribution in [-0.2, 0) is 69.2 Å². The molecule has 9 aliphatic carbocycles. The van der Waals surface area contributed by atoms with Crippen LogP contribution in [0, 0.1) is 16.2 Å². The molecule has 1 unspecified atom stereocenters. The van der Waals surface area contributed by atoms with Crippen LogP contribution in [0.3, 0.4) is 0 Å². The molecule has 3 N–H and O–H groups in total. The van der Waals surface area contributed by atoms with Crippen LogP contribution in [0.1, 0.15) is 243 Å². The molecule has 3 spiro atoms. The van der Waals surface area contributed by atoms with Gasteiger partial charge in [0, 0.05) is 89.0 Å². The maximum Gasteiger partial charge on any atom is 0.160 e. The van der Waals surface area contributed by atoms with Gasteiger partial charge in [0.1, 0.15) is 0 Å². The Balaban J connectivity index is 0.000000114. The van der Waals surface area contributed by atoms with Gasteiger partial charge in [-0.25, -0.2) is 0 Å².